The van der Waals surface area contributed by atoms with Crippen molar-refractivity contribution in [2.75, 3.05) is 0 Å². The Hall–Kier alpha value is -7.47. The topological polar surface area (TPSA) is 51.8 Å². The zero-order chi connectivity index (χ0) is 38.2. The first kappa shape index (κ1) is 32.7. The van der Waals surface area contributed by atoms with Crippen molar-refractivity contribution < 1.29 is 4.42 Å². The molecule has 0 spiro atoms. The summed E-state index contributed by atoms with van der Waals surface area (Å²) in [6.07, 6.45) is 0. The lowest BCUT2D eigenvalue weighted by molar-refractivity contribution is 0.669. The van der Waals surface area contributed by atoms with Crippen LogP contribution in [0.1, 0.15) is 0 Å². The second-order valence-corrected chi connectivity index (χ2v) is 15.8. The number of benzene rings is 9. The quantitative estimate of drug-likeness (QED) is 0.164. The minimum absolute atomic E-state index is 0.558. The van der Waals surface area contributed by atoms with Gasteiger partial charge in [0.05, 0.1) is 5.56 Å². The van der Waals surface area contributed by atoms with E-state index < -0.39 is 0 Å². The molecule has 12 aromatic rings. The monoisotopic (exact) mass is 757 g/mol. The lowest BCUT2D eigenvalue weighted by Crippen LogP contribution is -2.00. The zero-order valence-corrected chi connectivity index (χ0v) is 31.9. The predicted octanol–water partition coefficient (Wildman–Crippen LogP) is 14.8. The van der Waals surface area contributed by atoms with Gasteiger partial charge < -0.3 is 4.42 Å². The van der Waals surface area contributed by atoms with Crippen molar-refractivity contribution in [1.82, 2.24) is 15.0 Å². The number of hydrogen-bond donors (Lipinski definition) is 0. The molecule has 0 radical (unpaired) electrons. The highest BCUT2D eigenvalue weighted by Gasteiger charge is 2.19. The zero-order valence-electron chi connectivity index (χ0n) is 31.1. The molecule has 4 nitrogen and oxygen atoms in total. The molecule has 9 aromatic carbocycles. The van der Waals surface area contributed by atoms with E-state index >= 15 is 0 Å². The van der Waals surface area contributed by atoms with Gasteiger partial charge in [-0.25, -0.2) is 15.0 Å². The summed E-state index contributed by atoms with van der Waals surface area (Å²) in [6, 6.07) is 66.3. The highest BCUT2D eigenvalue weighted by molar-refractivity contribution is 7.25. The van der Waals surface area contributed by atoms with Crippen molar-refractivity contribution in [2.24, 2.45) is 0 Å². The van der Waals surface area contributed by atoms with Crippen LogP contribution in [-0.2, 0) is 0 Å². The molecule has 3 aromatic heterocycles. The number of fused-ring (bicyclic) bond motifs is 9. The van der Waals surface area contributed by atoms with Crippen LogP contribution >= 0.6 is 11.3 Å². The van der Waals surface area contributed by atoms with E-state index in [9.17, 15) is 0 Å². The van der Waals surface area contributed by atoms with Gasteiger partial charge >= 0.3 is 0 Å². The Morgan fingerprint density at radius 2 is 0.879 bits per heavy atom. The van der Waals surface area contributed by atoms with Crippen molar-refractivity contribution in [1.29, 1.82) is 0 Å². The van der Waals surface area contributed by atoms with Crippen LogP contribution in [0.4, 0.5) is 0 Å². The summed E-state index contributed by atoms with van der Waals surface area (Å²) in [4.78, 5) is 15.7. The second-order valence-electron chi connectivity index (χ2n) is 14.7. The highest BCUT2D eigenvalue weighted by atomic mass is 32.1. The molecule has 58 heavy (non-hydrogen) atoms. The third-order valence-corrected chi connectivity index (χ3v) is 12.5. The van der Waals surface area contributed by atoms with Crippen molar-refractivity contribution >= 4 is 75.0 Å². The lowest BCUT2D eigenvalue weighted by atomic mass is 9.93. The van der Waals surface area contributed by atoms with Gasteiger partial charge in [0.25, 0.3) is 0 Å². The molecule has 12 rings (SSSR count). The summed E-state index contributed by atoms with van der Waals surface area (Å²) < 4.78 is 9.08. The SMILES string of the molecule is c1cc(-c2nc(-c3cccc(-c4cccc5sc6ccccc6c45)c3)nc(-c3cccc4c3oc3ccccc34)n2)cc(-c2cccc3ccc4ccccc4c23)c1. The Morgan fingerprint density at radius 1 is 0.345 bits per heavy atom. The van der Waals surface area contributed by atoms with Gasteiger partial charge in [0, 0.05) is 42.1 Å². The largest absolute Gasteiger partial charge is 0.455 e. The molecule has 0 aliphatic heterocycles. The van der Waals surface area contributed by atoms with Crippen LogP contribution in [0, 0.1) is 0 Å². The van der Waals surface area contributed by atoms with Gasteiger partial charge in [-0.05, 0) is 80.2 Å². The standard InChI is InChI=1S/C53H31N3OS/c1-2-18-38-32(12-1)28-29-33-13-9-21-39(48(33)38)34-14-7-16-36(30-34)51-54-52(56-53(55-51)44-24-10-23-42-41-19-3-5-25-45(41)57-50(42)44)37-17-8-15-35(31-37)40-22-11-27-47-49(40)43-20-4-6-26-46(43)58-47/h1-31H. The maximum Gasteiger partial charge on any atom is 0.167 e. The highest BCUT2D eigenvalue weighted by Crippen LogP contribution is 2.42. The molecule has 0 saturated carbocycles. The maximum atomic E-state index is 6.53. The first-order valence-electron chi connectivity index (χ1n) is 19.4. The minimum atomic E-state index is 0.558. The molecule has 5 heteroatoms. The molecule has 270 valence electrons. The van der Waals surface area contributed by atoms with Crippen LogP contribution in [0.3, 0.4) is 0 Å². The summed E-state index contributed by atoms with van der Waals surface area (Å²) in [5.74, 6) is 1.75. The first-order chi connectivity index (χ1) is 28.7. The first-order valence-corrected chi connectivity index (χ1v) is 20.2. The maximum absolute atomic E-state index is 6.53. The molecule has 0 atom stereocenters. The van der Waals surface area contributed by atoms with Gasteiger partial charge in [0.2, 0.25) is 0 Å². The third-order valence-electron chi connectivity index (χ3n) is 11.3. The van der Waals surface area contributed by atoms with Crippen molar-refractivity contribution in [3.05, 3.63) is 188 Å². The molecule has 0 bridgehead atoms. The van der Waals surface area contributed by atoms with Crippen LogP contribution in [0.5, 0.6) is 0 Å². The Morgan fingerprint density at radius 3 is 1.69 bits per heavy atom. The predicted molar refractivity (Wildman–Crippen MR) is 242 cm³/mol. The van der Waals surface area contributed by atoms with Gasteiger partial charge in [-0.3, -0.25) is 0 Å². The number of hydrogen-bond acceptors (Lipinski definition) is 5. The molecule has 0 saturated heterocycles. The Labute approximate surface area is 337 Å². The average Bonchev–Trinajstić information content (AvgIpc) is 3.87. The van der Waals surface area contributed by atoms with Gasteiger partial charge in [-0.2, -0.15) is 0 Å². The van der Waals surface area contributed by atoms with E-state index in [2.05, 4.69) is 164 Å². The molecular formula is C53H31N3OS. The van der Waals surface area contributed by atoms with Crippen LogP contribution in [0.15, 0.2) is 192 Å². The Bertz CT molecular complexity index is 3600. The minimum Gasteiger partial charge on any atom is -0.455 e. The average molecular weight is 758 g/mol. The van der Waals surface area contributed by atoms with E-state index in [-0.39, 0.29) is 0 Å². The smallest absolute Gasteiger partial charge is 0.167 e. The number of aromatic nitrogens is 3. The molecule has 3 heterocycles. The lowest BCUT2D eigenvalue weighted by Gasteiger charge is -2.13. The van der Waals surface area contributed by atoms with Gasteiger partial charge in [-0.1, -0.05) is 152 Å². The van der Waals surface area contributed by atoms with E-state index in [1.165, 1.54) is 52.8 Å². The van der Waals surface area contributed by atoms with E-state index in [1.54, 1.807) is 0 Å². The van der Waals surface area contributed by atoms with E-state index in [4.69, 9.17) is 19.4 Å². The van der Waals surface area contributed by atoms with E-state index in [0.29, 0.717) is 17.5 Å². The summed E-state index contributed by atoms with van der Waals surface area (Å²) in [5, 5.41) is 9.52. The molecular weight excluding hydrogens is 727 g/mol. The van der Waals surface area contributed by atoms with Crippen LogP contribution < -0.4 is 0 Å². The fourth-order valence-electron chi connectivity index (χ4n) is 8.64. The molecule has 0 N–H and O–H groups in total. The molecule has 0 unspecified atom stereocenters. The fraction of sp³-hybridized carbons (Fsp3) is 0. The van der Waals surface area contributed by atoms with Gasteiger partial charge in [-0.15, -0.1) is 11.3 Å². The number of thiophene rings is 1. The van der Waals surface area contributed by atoms with Crippen LogP contribution in [0.2, 0.25) is 0 Å². The summed E-state index contributed by atoms with van der Waals surface area (Å²) in [7, 11) is 0. The molecule has 0 aliphatic rings. The number of nitrogens with zero attached hydrogens (tertiary/aromatic N) is 3. The van der Waals surface area contributed by atoms with Gasteiger partial charge in [0.1, 0.15) is 11.2 Å². The summed E-state index contributed by atoms with van der Waals surface area (Å²) >= 11 is 1.83. The third kappa shape index (κ3) is 5.25. The van der Waals surface area contributed by atoms with Crippen molar-refractivity contribution in [2.45, 2.75) is 0 Å². The molecule has 0 aliphatic carbocycles. The number of furan rings is 1. The van der Waals surface area contributed by atoms with Gasteiger partial charge in [0.15, 0.2) is 17.5 Å². The van der Waals surface area contributed by atoms with Crippen molar-refractivity contribution in [3.63, 3.8) is 0 Å². The normalized spacial score (nSPS) is 11.8. The van der Waals surface area contributed by atoms with Crippen LogP contribution in [0.25, 0.3) is 120 Å². The fourth-order valence-corrected chi connectivity index (χ4v) is 9.78. The van der Waals surface area contributed by atoms with E-state index in [1.807, 2.05) is 35.6 Å². The molecule has 0 amide bonds. The van der Waals surface area contributed by atoms with Crippen LogP contribution in [-0.4, -0.2) is 15.0 Å². The number of para-hydroxylation sites is 2. The Kier molecular flexibility index (Phi) is 7.37. The summed E-state index contributed by atoms with van der Waals surface area (Å²) in [5.41, 5.74) is 8.79. The Balaban J connectivity index is 1.07. The number of rotatable bonds is 5. The van der Waals surface area contributed by atoms with E-state index in [0.717, 1.165) is 49.8 Å². The van der Waals surface area contributed by atoms with Crippen molar-refractivity contribution in [3.8, 4) is 56.4 Å². The molecule has 0 fully saturated rings. The summed E-state index contributed by atoms with van der Waals surface area (Å²) in [6.45, 7) is 0. The second kappa shape index (κ2) is 13.1.